The molecule has 0 unspecified atom stereocenters. The number of benzene rings is 1. The van der Waals surface area contributed by atoms with E-state index in [1.807, 2.05) is 23.1 Å². The quantitative estimate of drug-likeness (QED) is 0.434. The summed E-state index contributed by atoms with van der Waals surface area (Å²) in [7, 11) is 0. The molecule has 0 atom stereocenters. The highest BCUT2D eigenvalue weighted by molar-refractivity contribution is 7.99. The molecule has 0 bridgehead atoms. The van der Waals surface area contributed by atoms with Crippen LogP contribution in [0.1, 0.15) is 30.1 Å². The van der Waals surface area contributed by atoms with Crippen LogP contribution in [0.25, 0.3) is 0 Å². The predicted octanol–water partition coefficient (Wildman–Crippen LogP) is 3.85. The summed E-state index contributed by atoms with van der Waals surface area (Å²) in [4.78, 5) is 15.7. The summed E-state index contributed by atoms with van der Waals surface area (Å²) in [6.07, 6.45) is 3.82. The van der Waals surface area contributed by atoms with Crippen LogP contribution in [-0.4, -0.2) is 42.9 Å². The van der Waals surface area contributed by atoms with Crippen LogP contribution >= 0.6 is 11.8 Å². The van der Waals surface area contributed by atoms with Crippen LogP contribution in [0.5, 0.6) is 0 Å². The third kappa shape index (κ3) is 4.89. The fourth-order valence-electron chi connectivity index (χ4n) is 2.69. The monoisotopic (exact) mass is 319 g/mol. The highest BCUT2D eigenvalue weighted by Crippen LogP contribution is 2.22. The van der Waals surface area contributed by atoms with Gasteiger partial charge in [-0.1, -0.05) is 19.1 Å². The Morgan fingerprint density at radius 2 is 2.23 bits per heavy atom. The van der Waals surface area contributed by atoms with Gasteiger partial charge in [0.25, 0.3) is 5.91 Å². The smallest absolute Gasteiger partial charge is 0.253 e. The molecule has 2 rings (SSSR count). The first-order valence-electron chi connectivity index (χ1n) is 7.95. The van der Waals surface area contributed by atoms with E-state index >= 15 is 0 Å². The molecule has 1 aliphatic heterocycles. The van der Waals surface area contributed by atoms with E-state index in [0.717, 1.165) is 43.9 Å². The molecule has 1 fully saturated rings. The fourth-order valence-corrected chi connectivity index (χ4v) is 3.41. The molecular formula is C18H25NO2S. The van der Waals surface area contributed by atoms with E-state index < -0.39 is 0 Å². The van der Waals surface area contributed by atoms with E-state index in [4.69, 9.17) is 4.74 Å². The Labute approximate surface area is 137 Å². The minimum absolute atomic E-state index is 0.156. The van der Waals surface area contributed by atoms with Crippen molar-refractivity contribution < 1.29 is 9.53 Å². The van der Waals surface area contributed by atoms with Crippen molar-refractivity contribution in [1.82, 2.24) is 4.90 Å². The number of rotatable bonds is 7. The number of amides is 1. The van der Waals surface area contributed by atoms with E-state index in [1.165, 1.54) is 4.90 Å². The van der Waals surface area contributed by atoms with Gasteiger partial charge >= 0.3 is 0 Å². The maximum absolute atomic E-state index is 12.6. The van der Waals surface area contributed by atoms with Gasteiger partial charge in [0.2, 0.25) is 0 Å². The van der Waals surface area contributed by atoms with Gasteiger partial charge in [0, 0.05) is 30.2 Å². The lowest BCUT2D eigenvalue weighted by molar-refractivity contribution is 0.0575. The summed E-state index contributed by atoms with van der Waals surface area (Å²) >= 11 is 1.77. The predicted molar refractivity (Wildman–Crippen MR) is 92.5 cm³/mol. The van der Waals surface area contributed by atoms with Crippen molar-refractivity contribution in [3.63, 3.8) is 0 Å². The van der Waals surface area contributed by atoms with Crippen LogP contribution < -0.4 is 0 Å². The molecular weight excluding hydrogens is 294 g/mol. The molecule has 0 radical (unpaired) electrons. The first kappa shape index (κ1) is 17.1. The van der Waals surface area contributed by atoms with Crippen molar-refractivity contribution in [2.24, 2.45) is 5.92 Å². The number of likely N-dealkylation sites (tertiary alicyclic amines) is 1. The van der Waals surface area contributed by atoms with Gasteiger partial charge in [0.15, 0.2) is 0 Å². The molecule has 1 amide bonds. The largest absolute Gasteiger partial charge is 0.377 e. The zero-order chi connectivity index (χ0) is 15.8. The summed E-state index contributed by atoms with van der Waals surface area (Å²) in [6.45, 7) is 8.81. The third-order valence-corrected chi connectivity index (χ3v) is 4.76. The van der Waals surface area contributed by atoms with Crippen LogP contribution in [0.3, 0.4) is 0 Å². The zero-order valence-corrected chi connectivity index (χ0v) is 14.1. The Hall–Kier alpha value is -1.26. The summed E-state index contributed by atoms with van der Waals surface area (Å²) in [5.41, 5.74) is 0.805. The first-order chi connectivity index (χ1) is 10.7. The molecule has 1 aliphatic rings. The van der Waals surface area contributed by atoms with Crippen LogP contribution in [0.15, 0.2) is 41.8 Å². The molecule has 1 heterocycles. The molecule has 3 nitrogen and oxygen atoms in total. The van der Waals surface area contributed by atoms with Gasteiger partial charge in [-0.25, -0.2) is 0 Å². The van der Waals surface area contributed by atoms with Gasteiger partial charge in [0.1, 0.15) is 0 Å². The lowest BCUT2D eigenvalue weighted by atomic mass is 9.97. The molecule has 1 aromatic rings. The van der Waals surface area contributed by atoms with Crippen LogP contribution in [0, 0.1) is 5.92 Å². The first-order valence-corrected chi connectivity index (χ1v) is 8.94. The minimum atomic E-state index is 0.156. The number of piperidine rings is 1. The third-order valence-electron chi connectivity index (χ3n) is 3.88. The lowest BCUT2D eigenvalue weighted by Gasteiger charge is -2.32. The van der Waals surface area contributed by atoms with Crippen molar-refractivity contribution in [2.45, 2.75) is 24.7 Å². The maximum atomic E-state index is 12.6. The molecule has 0 N–H and O–H groups in total. The van der Waals surface area contributed by atoms with Crippen molar-refractivity contribution in [3.05, 3.63) is 42.5 Å². The maximum Gasteiger partial charge on any atom is 0.253 e. The molecule has 4 heteroatoms. The standard InChI is InChI=1S/C18H25NO2S/c1-3-12-21-14-15-8-10-19(11-9-15)18(20)16-6-5-7-17(13-16)22-4-2/h3,5-7,13,15H,1,4,8-12,14H2,2H3. The summed E-state index contributed by atoms with van der Waals surface area (Å²) < 4.78 is 5.52. The number of ether oxygens (including phenoxy) is 1. The number of thioether (sulfide) groups is 1. The van der Waals surface area contributed by atoms with Gasteiger partial charge in [-0.15, -0.1) is 18.3 Å². The van der Waals surface area contributed by atoms with Crippen molar-refractivity contribution in [3.8, 4) is 0 Å². The molecule has 1 saturated heterocycles. The van der Waals surface area contributed by atoms with Crippen LogP contribution in [0.4, 0.5) is 0 Å². The van der Waals surface area contributed by atoms with E-state index in [1.54, 1.807) is 17.8 Å². The molecule has 1 aromatic carbocycles. The molecule has 0 saturated carbocycles. The highest BCUT2D eigenvalue weighted by Gasteiger charge is 2.23. The lowest BCUT2D eigenvalue weighted by Crippen LogP contribution is -2.39. The van der Waals surface area contributed by atoms with Crippen molar-refractivity contribution >= 4 is 17.7 Å². The average molecular weight is 319 g/mol. The second kappa shape index (κ2) is 9.01. The van der Waals surface area contributed by atoms with Crippen molar-refractivity contribution in [2.75, 3.05) is 32.1 Å². The van der Waals surface area contributed by atoms with Crippen LogP contribution in [0.2, 0.25) is 0 Å². The average Bonchev–Trinajstić information content (AvgIpc) is 2.56. The van der Waals surface area contributed by atoms with E-state index in [-0.39, 0.29) is 5.91 Å². The summed E-state index contributed by atoms with van der Waals surface area (Å²) in [5, 5.41) is 0. The Kier molecular flexibility index (Phi) is 7.00. The molecule has 0 aromatic heterocycles. The minimum Gasteiger partial charge on any atom is -0.377 e. The zero-order valence-electron chi connectivity index (χ0n) is 13.3. The Morgan fingerprint density at radius 3 is 2.91 bits per heavy atom. The van der Waals surface area contributed by atoms with E-state index in [0.29, 0.717) is 12.5 Å². The molecule has 22 heavy (non-hydrogen) atoms. The summed E-state index contributed by atoms with van der Waals surface area (Å²) in [5.74, 6) is 1.74. The molecule has 0 aliphatic carbocycles. The number of hydrogen-bond acceptors (Lipinski definition) is 3. The number of nitrogens with zero attached hydrogens (tertiary/aromatic N) is 1. The Balaban J connectivity index is 1.86. The second-order valence-electron chi connectivity index (χ2n) is 5.52. The van der Waals surface area contributed by atoms with Gasteiger partial charge < -0.3 is 9.64 Å². The van der Waals surface area contributed by atoms with E-state index in [2.05, 4.69) is 19.6 Å². The number of carbonyl (C=O) groups excluding carboxylic acids is 1. The van der Waals surface area contributed by atoms with Crippen LogP contribution in [-0.2, 0) is 4.74 Å². The number of hydrogen-bond donors (Lipinski definition) is 0. The topological polar surface area (TPSA) is 29.5 Å². The molecule has 0 spiro atoms. The Bertz CT molecular complexity index is 496. The Morgan fingerprint density at radius 1 is 1.45 bits per heavy atom. The molecule has 120 valence electrons. The van der Waals surface area contributed by atoms with Crippen molar-refractivity contribution in [1.29, 1.82) is 0 Å². The van der Waals surface area contributed by atoms with E-state index in [9.17, 15) is 4.79 Å². The number of carbonyl (C=O) groups is 1. The normalized spacial score (nSPS) is 15.8. The van der Waals surface area contributed by atoms with Gasteiger partial charge in [-0.05, 0) is 42.7 Å². The van der Waals surface area contributed by atoms with Gasteiger partial charge in [-0.2, -0.15) is 0 Å². The fraction of sp³-hybridized carbons (Fsp3) is 0.500. The highest BCUT2D eigenvalue weighted by atomic mass is 32.2. The second-order valence-corrected chi connectivity index (χ2v) is 6.86. The van der Waals surface area contributed by atoms with Gasteiger partial charge in [-0.3, -0.25) is 4.79 Å². The summed E-state index contributed by atoms with van der Waals surface area (Å²) in [6, 6.07) is 7.96. The SMILES string of the molecule is C=CCOCC1CCN(C(=O)c2cccc(SCC)c2)CC1. The van der Waals surface area contributed by atoms with Gasteiger partial charge in [0.05, 0.1) is 6.61 Å².